The van der Waals surface area contributed by atoms with Gasteiger partial charge < -0.3 is 5.32 Å². The highest BCUT2D eigenvalue weighted by atomic mass is 15.3. The summed E-state index contributed by atoms with van der Waals surface area (Å²) in [5.41, 5.74) is 3.59. The van der Waals surface area contributed by atoms with Crippen molar-refractivity contribution in [3.63, 3.8) is 0 Å². The van der Waals surface area contributed by atoms with E-state index >= 15 is 0 Å². The average Bonchev–Trinajstić information content (AvgIpc) is 2.97. The maximum Gasteiger partial charge on any atom is 0.0638 e. The van der Waals surface area contributed by atoms with E-state index in [1.807, 2.05) is 15.6 Å². The van der Waals surface area contributed by atoms with E-state index in [9.17, 15) is 0 Å². The number of aryl methyl sites for hydroxylation is 1. The molecule has 0 amide bonds. The molecule has 116 valence electrons. The maximum atomic E-state index is 4.53. The van der Waals surface area contributed by atoms with Gasteiger partial charge in [-0.25, -0.2) is 0 Å². The molecule has 0 aromatic carbocycles. The van der Waals surface area contributed by atoms with Crippen LogP contribution in [0.1, 0.15) is 50.6 Å². The first-order valence-corrected chi connectivity index (χ1v) is 7.72. The lowest BCUT2D eigenvalue weighted by atomic mass is 10.2. The first-order valence-electron chi connectivity index (χ1n) is 7.72. The molecule has 0 fully saturated rings. The van der Waals surface area contributed by atoms with E-state index in [4.69, 9.17) is 0 Å². The summed E-state index contributed by atoms with van der Waals surface area (Å²) in [5, 5.41) is 12.4. The van der Waals surface area contributed by atoms with Gasteiger partial charge in [-0.1, -0.05) is 13.8 Å². The van der Waals surface area contributed by atoms with Gasteiger partial charge in [0.2, 0.25) is 0 Å². The van der Waals surface area contributed by atoms with E-state index in [0.29, 0.717) is 12.0 Å². The first-order chi connectivity index (χ1) is 9.95. The molecule has 1 N–H and O–H groups in total. The fraction of sp³-hybridized carbons (Fsp3) is 0.625. The first kappa shape index (κ1) is 15.8. The highest BCUT2D eigenvalue weighted by molar-refractivity contribution is 5.15. The Kier molecular flexibility index (Phi) is 5.17. The Bertz CT molecular complexity index is 565. The number of nitrogens with one attached hydrogen (secondary N) is 1. The molecule has 0 spiro atoms. The van der Waals surface area contributed by atoms with Crippen LogP contribution in [0.5, 0.6) is 0 Å². The lowest BCUT2D eigenvalue weighted by molar-refractivity contribution is 0.482. The zero-order chi connectivity index (χ0) is 15.4. The fourth-order valence-electron chi connectivity index (χ4n) is 2.27. The minimum absolute atomic E-state index is 0.409. The smallest absolute Gasteiger partial charge is 0.0638 e. The van der Waals surface area contributed by atoms with E-state index in [2.05, 4.69) is 62.5 Å². The Labute approximate surface area is 127 Å². The Morgan fingerprint density at radius 1 is 1.14 bits per heavy atom. The van der Waals surface area contributed by atoms with Crippen molar-refractivity contribution in [1.29, 1.82) is 0 Å². The van der Waals surface area contributed by atoms with Crippen LogP contribution in [0.25, 0.3) is 0 Å². The Hall–Kier alpha value is -1.62. The third-order valence-corrected chi connectivity index (χ3v) is 3.43. The molecule has 21 heavy (non-hydrogen) atoms. The van der Waals surface area contributed by atoms with Gasteiger partial charge in [0.05, 0.1) is 11.9 Å². The van der Waals surface area contributed by atoms with Gasteiger partial charge in [-0.15, -0.1) is 0 Å². The van der Waals surface area contributed by atoms with Crippen LogP contribution in [0.2, 0.25) is 0 Å². The van der Waals surface area contributed by atoms with Crippen LogP contribution < -0.4 is 5.32 Å². The van der Waals surface area contributed by atoms with E-state index < -0.39 is 0 Å². The monoisotopic (exact) mass is 289 g/mol. The third-order valence-electron chi connectivity index (χ3n) is 3.43. The molecule has 0 aliphatic heterocycles. The van der Waals surface area contributed by atoms with Gasteiger partial charge in [0, 0.05) is 49.2 Å². The zero-order valence-electron chi connectivity index (χ0n) is 13.8. The van der Waals surface area contributed by atoms with Crippen LogP contribution in [-0.2, 0) is 19.6 Å². The normalized spacial score (nSPS) is 11.8. The van der Waals surface area contributed by atoms with Gasteiger partial charge in [0.1, 0.15) is 0 Å². The van der Waals surface area contributed by atoms with Gasteiger partial charge in [-0.2, -0.15) is 10.2 Å². The van der Waals surface area contributed by atoms with E-state index in [1.54, 1.807) is 0 Å². The number of aromatic nitrogens is 4. The minimum Gasteiger partial charge on any atom is -0.308 e. The fourth-order valence-corrected chi connectivity index (χ4v) is 2.27. The van der Waals surface area contributed by atoms with Crippen molar-refractivity contribution in [3.05, 3.63) is 35.4 Å². The molecule has 0 atom stereocenters. The van der Waals surface area contributed by atoms with Crippen LogP contribution >= 0.6 is 0 Å². The molecule has 5 nitrogen and oxygen atoms in total. The second kappa shape index (κ2) is 6.89. The van der Waals surface area contributed by atoms with Crippen molar-refractivity contribution < 1.29 is 0 Å². The molecule has 0 unspecified atom stereocenters. The molecule has 0 radical (unpaired) electrons. The summed E-state index contributed by atoms with van der Waals surface area (Å²) in [6.07, 6.45) is 6.20. The van der Waals surface area contributed by atoms with E-state index in [1.165, 1.54) is 11.1 Å². The average molecular weight is 289 g/mol. The molecule has 0 aliphatic carbocycles. The standard InChI is InChI=1S/C16H27N5/c1-12(2)9-20-10-15(7-18-20)6-17-8-16-11-21(13(3)4)19-14(16)5/h7,10-13,17H,6,8-9H2,1-5H3. The summed E-state index contributed by atoms with van der Waals surface area (Å²) in [6, 6.07) is 0.409. The molecule has 0 saturated heterocycles. The summed E-state index contributed by atoms with van der Waals surface area (Å²) < 4.78 is 4.04. The highest BCUT2D eigenvalue weighted by Crippen LogP contribution is 2.10. The SMILES string of the molecule is Cc1nn(C(C)C)cc1CNCc1cnn(CC(C)C)c1. The van der Waals surface area contributed by atoms with Crippen LogP contribution in [0.15, 0.2) is 18.6 Å². The molecule has 0 aliphatic rings. The Morgan fingerprint density at radius 3 is 2.52 bits per heavy atom. The van der Waals surface area contributed by atoms with Gasteiger partial charge in [-0.3, -0.25) is 9.36 Å². The number of hydrogen-bond acceptors (Lipinski definition) is 3. The number of nitrogens with zero attached hydrogens (tertiary/aromatic N) is 4. The molecule has 2 rings (SSSR count). The van der Waals surface area contributed by atoms with Crippen LogP contribution in [-0.4, -0.2) is 19.6 Å². The molecule has 5 heteroatoms. The second-order valence-electron chi connectivity index (χ2n) is 6.38. The molecule has 2 heterocycles. The molecular weight excluding hydrogens is 262 g/mol. The Morgan fingerprint density at radius 2 is 1.90 bits per heavy atom. The van der Waals surface area contributed by atoms with Crippen molar-refractivity contribution in [2.24, 2.45) is 5.92 Å². The maximum absolute atomic E-state index is 4.53. The van der Waals surface area contributed by atoms with Crippen molar-refractivity contribution >= 4 is 0 Å². The van der Waals surface area contributed by atoms with E-state index in [0.717, 1.165) is 25.3 Å². The largest absolute Gasteiger partial charge is 0.308 e. The summed E-state index contributed by atoms with van der Waals surface area (Å²) in [5.74, 6) is 0.621. The minimum atomic E-state index is 0.409. The van der Waals surface area contributed by atoms with Crippen LogP contribution in [0.3, 0.4) is 0 Å². The van der Waals surface area contributed by atoms with Crippen LogP contribution in [0.4, 0.5) is 0 Å². The van der Waals surface area contributed by atoms with E-state index in [-0.39, 0.29) is 0 Å². The summed E-state index contributed by atoms with van der Waals surface area (Å²) in [7, 11) is 0. The number of hydrogen-bond donors (Lipinski definition) is 1. The van der Waals surface area contributed by atoms with Crippen molar-refractivity contribution in [2.75, 3.05) is 0 Å². The predicted octanol–water partition coefficient (Wildman–Crippen LogP) is 2.91. The lowest BCUT2D eigenvalue weighted by Crippen LogP contribution is -2.12. The van der Waals surface area contributed by atoms with Gasteiger partial charge >= 0.3 is 0 Å². The quantitative estimate of drug-likeness (QED) is 0.852. The zero-order valence-corrected chi connectivity index (χ0v) is 13.8. The molecule has 0 saturated carbocycles. The molecule has 2 aromatic rings. The highest BCUT2D eigenvalue weighted by Gasteiger charge is 2.07. The number of rotatable bonds is 7. The third kappa shape index (κ3) is 4.43. The second-order valence-corrected chi connectivity index (χ2v) is 6.38. The van der Waals surface area contributed by atoms with Gasteiger partial charge in [0.25, 0.3) is 0 Å². The van der Waals surface area contributed by atoms with Crippen molar-refractivity contribution in [3.8, 4) is 0 Å². The lowest BCUT2D eigenvalue weighted by Gasteiger charge is -2.04. The summed E-state index contributed by atoms with van der Waals surface area (Å²) in [4.78, 5) is 0. The van der Waals surface area contributed by atoms with Gasteiger partial charge in [-0.05, 0) is 26.7 Å². The van der Waals surface area contributed by atoms with Crippen molar-refractivity contribution in [2.45, 2.75) is 60.3 Å². The molecule has 0 bridgehead atoms. The molecule has 2 aromatic heterocycles. The summed E-state index contributed by atoms with van der Waals surface area (Å²) >= 11 is 0. The van der Waals surface area contributed by atoms with Gasteiger partial charge in [0.15, 0.2) is 0 Å². The topological polar surface area (TPSA) is 47.7 Å². The Balaban J connectivity index is 1.85. The summed E-state index contributed by atoms with van der Waals surface area (Å²) in [6.45, 7) is 13.4. The molecular formula is C16H27N5. The van der Waals surface area contributed by atoms with Crippen molar-refractivity contribution in [1.82, 2.24) is 24.9 Å². The van der Waals surface area contributed by atoms with Crippen LogP contribution in [0, 0.1) is 12.8 Å². The predicted molar refractivity (Wildman–Crippen MR) is 85.0 cm³/mol.